The van der Waals surface area contributed by atoms with E-state index in [1.807, 2.05) is 36.4 Å². The molecule has 0 atom stereocenters. The number of para-hydroxylation sites is 2. The number of amides is 2. The first-order valence-electron chi connectivity index (χ1n) is 8.08. The minimum Gasteiger partial charge on any atom is -0.308 e. The summed E-state index contributed by atoms with van der Waals surface area (Å²) in [6.07, 6.45) is 0. The van der Waals surface area contributed by atoms with E-state index in [1.165, 1.54) is 6.07 Å². The van der Waals surface area contributed by atoms with Crippen LogP contribution >= 0.6 is 11.3 Å². The van der Waals surface area contributed by atoms with Crippen LogP contribution in [0.3, 0.4) is 0 Å². The molecule has 0 aliphatic rings. The summed E-state index contributed by atoms with van der Waals surface area (Å²) >= 11 is 1.58. The normalized spacial score (nSPS) is 10.7. The van der Waals surface area contributed by atoms with Gasteiger partial charge in [-0.1, -0.05) is 18.2 Å². The molecule has 0 spiro atoms. The molecule has 0 unspecified atom stereocenters. The van der Waals surface area contributed by atoms with E-state index in [2.05, 4.69) is 15.6 Å². The molecule has 2 amide bonds. The minimum atomic E-state index is -0.837. The predicted octanol–water partition coefficient (Wildman–Crippen LogP) is 5.89. The van der Waals surface area contributed by atoms with Crippen molar-refractivity contribution in [3.05, 3.63) is 78.4 Å². The van der Waals surface area contributed by atoms with Gasteiger partial charge in [-0.25, -0.2) is 18.6 Å². The zero-order chi connectivity index (χ0) is 18.8. The molecule has 4 rings (SSSR count). The second-order valence-electron chi connectivity index (χ2n) is 5.74. The van der Waals surface area contributed by atoms with E-state index in [0.29, 0.717) is 5.69 Å². The maximum atomic E-state index is 13.6. The molecule has 0 radical (unpaired) electrons. The molecule has 2 N–H and O–H groups in total. The molecule has 0 aliphatic carbocycles. The highest BCUT2D eigenvalue weighted by Gasteiger charge is 2.12. The summed E-state index contributed by atoms with van der Waals surface area (Å²) in [7, 11) is 0. The summed E-state index contributed by atoms with van der Waals surface area (Å²) in [5, 5.41) is 5.61. The van der Waals surface area contributed by atoms with Crippen LogP contribution in [0.15, 0.2) is 66.7 Å². The van der Waals surface area contributed by atoms with E-state index in [1.54, 1.807) is 23.5 Å². The van der Waals surface area contributed by atoms with Gasteiger partial charge < -0.3 is 10.6 Å². The van der Waals surface area contributed by atoms with Crippen molar-refractivity contribution in [1.82, 2.24) is 4.98 Å². The molecule has 1 aromatic heterocycles. The Bertz CT molecular complexity index is 1070. The Kier molecular flexibility index (Phi) is 4.52. The molecule has 7 heteroatoms. The molecule has 0 aliphatic heterocycles. The highest BCUT2D eigenvalue weighted by atomic mass is 32.1. The Labute approximate surface area is 157 Å². The summed E-state index contributed by atoms with van der Waals surface area (Å²) in [6, 6.07) is 17.6. The number of urea groups is 1. The number of hydrogen-bond acceptors (Lipinski definition) is 3. The SMILES string of the molecule is O=C(Nc1ccc(-c2nc3ccccc3s2)cc1)Nc1c(F)cccc1F. The Morgan fingerprint density at radius 3 is 2.26 bits per heavy atom. The standard InChI is InChI=1S/C20H13F2N3OS/c21-14-4-3-5-15(22)18(14)25-20(26)23-13-10-8-12(9-11-13)19-24-16-6-1-2-7-17(16)27-19/h1-11H,(H2,23,25,26). The monoisotopic (exact) mass is 381 g/mol. The Morgan fingerprint density at radius 2 is 1.56 bits per heavy atom. The molecule has 0 saturated heterocycles. The van der Waals surface area contributed by atoms with E-state index in [0.717, 1.165) is 32.9 Å². The highest BCUT2D eigenvalue weighted by Crippen LogP contribution is 2.30. The molecule has 134 valence electrons. The maximum Gasteiger partial charge on any atom is 0.323 e. The van der Waals surface area contributed by atoms with Crippen molar-refractivity contribution in [3.8, 4) is 10.6 Å². The average molecular weight is 381 g/mol. The van der Waals surface area contributed by atoms with Crippen molar-refractivity contribution in [2.75, 3.05) is 10.6 Å². The van der Waals surface area contributed by atoms with Crippen molar-refractivity contribution in [2.45, 2.75) is 0 Å². The van der Waals surface area contributed by atoms with E-state index in [4.69, 9.17) is 0 Å². The fraction of sp³-hybridized carbons (Fsp3) is 0. The molecule has 27 heavy (non-hydrogen) atoms. The van der Waals surface area contributed by atoms with Gasteiger partial charge in [0.25, 0.3) is 0 Å². The second-order valence-corrected chi connectivity index (χ2v) is 6.77. The second kappa shape index (κ2) is 7.13. The van der Waals surface area contributed by atoms with Crippen LogP contribution in [-0.2, 0) is 0 Å². The number of hydrogen-bond donors (Lipinski definition) is 2. The number of nitrogens with one attached hydrogen (secondary N) is 2. The van der Waals surface area contributed by atoms with Crippen LogP contribution in [0.5, 0.6) is 0 Å². The summed E-state index contributed by atoms with van der Waals surface area (Å²) in [4.78, 5) is 16.6. The van der Waals surface area contributed by atoms with Crippen LogP contribution in [0.4, 0.5) is 25.0 Å². The number of halogens is 2. The Balaban J connectivity index is 1.48. The van der Waals surface area contributed by atoms with Gasteiger partial charge >= 0.3 is 6.03 Å². The third-order valence-electron chi connectivity index (χ3n) is 3.88. The van der Waals surface area contributed by atoms with Gasteiger partial charge in [0.1, 0.15) is 22.3 Å². The average Bonchev–Trinajstić information content (AvgIpc) is 3.10. The van der Waals surface area contributed by atoms with E-state index >= 15 is 0 Å². The number of aromatic nitrogens is 1. The van der Waals surface area contributed by atoms with Crippen LogP contribution < -0.4 is 10.6 Å². The zero-order valence-electron chi connectivity index (χ0n) is 13.9. The Hall–Kier alpha value is -3.32. The number of rotatable bonds is 3. The summed E-state index contributed by atoms with van der Waals surface area (Å²) in [5.74, 6) is -1.67. The van der Waals surface area contributed by atoms with Gasteiger partial charge in [-0.2, -0.15) is 0 Å². The third kappa shape index (κ3) is 3.63. The third-order valence-corrected chi connectivity index (χ3v) is 4.97. The smallest absolute Gasteiger partial charge is 0.308 e. The highest BCUT2D eigenvalue weighted by molar-refractivity contribution is 7.21. The van der Waals surface area contributed by atoms with Crippen molar-refractivity contribution in [1.29, 1.82) is 0 Å². The quantitative estimate of drug-likeness (QED) is 0.465. The fourth-order valence-corrected chi connectivity index (χ4v) is 3.56. The molecule has 1 heterocycles. The number of anilines is 2. The number of benzene rings is 3. The van der Waals surface area contributed by atoms with E-state index in [9.17, 15) is 13.6 Å². The van der Waals surface area contributed by atoms with Crippen LogP contribution in [-0.4, -0.2) is 11.0 Å². The lowest BCUT2D eigenvalue weighted by molar-refractivity contribution is 0.262. The van der Waals surface area contributed by atoms with Gasteiger partial charge in [0.05, 0.1) is 10.2 Å². The molecule has 0 saturated carbocycles. The van der Waals surface area contributed by atoms with Crippen LogP contribution in [0.1, 0.15) is 0 Å². The van der Waals surface area contributed by atoms with Crippen molar-refractivity contribution < 1.29 is 13.6 Å². The first kappa shape index (κ1) is 17.1. The van der Waals surface area contributed by atoms with E-state index in [-0.39, 0.29) is 0 Å². The van der Waals surface area contributed by atoms with Gasteiger partial charge in [0, 0.05) is 11.3 Å². The van der Waals surface area contributed by atoms with Gasteiger partial charge in [-0.05, 0) is 48.5 Å². The van der Waals surface area contributed by atoms with Gasteiger partial charge in [0.2, 0.25) is 0 Å². The summed E-state index contributed by atoms with van der Waals surface area (Å²) in [5.41, 5.74) is 1.86. The molecular weight excluding hydrogens is 368 g/mol. The molecule has 4 nitrogen and oxygen atoms in total. The predicted molar refractivity (Wildman–Crippen MR) is 104 cm³/mol. The minimum absolute atomic E-state index is 0.485. The molecule has 0 fully saturated rings. The van der Waals surface area contributed by atoms with Crippen molar-refractivity contribution in [2.24, 2.45) is 0 Å². The summed E-state index contributed by atoms with van der Waals surface area (Å²) in [6.45, 7) is 0. The number of fused-ring (bicyclic) bond motifs is 1. The molecule has 0 bridgehead atoms. The topological polar surface area (TPSA) is 54.0 Å². The van der Waals surface area contributed by atoms with Crippen molar-refractivity contribution in [3.63, 3.8) is 0 Å². The number of carbonyl (C=O) groups excluding carboxylic acids is 1. The molecule has 3 aromatic carbocycles. The number of nitrogens with zero attached hydrogens (tertiary/aromatic N) is 1. The largest absolute Gasteiger partial charge is 0.323 e. The molecular formula is C20H13F2N3OS. The first-order valence-corrected chi connectivity index (χ1v) is 8.90. The lowest BCUT2D eigenvalue weighted by atomic mass is 10.2. The maximum absolute atomic E-state index is 13.6. The van der Waals surface area contributed by atoms with Crippen LogP contribution in [0, 0.1) is 11.6 Å². The first-order chi connectivity index (χ1) is 13.1. The lowest BCUT2D eigenvalue weighted by Crippen LogP contribution is -2.20. The van der Waals surface area contributed by atoms with Gasteiger partial charge in [-0.15, -0.1) is 11.3 Å². The fourth-order valence-electron chi connectivity index (χ4n) is 2.58. The number of thiazole rings is 1. The summed E-state index contributed by atoms with van der Waals surface area (Å²) < 4.78 is 28.3. The van der Waals surface area contributed by atoms with Gasteiger partial charge in [0.15, 0.2) is 0 Å². The van der Waals surface area contributed by atoms with Crippen molar-refractivity contribution >= 4 is 39.0 Å². The van der Waals surface area contributed by atoms with Crippen LogP contribution in [0.25, 0.3) is 20.8 Å². The number of carbonyl (C=O) groups is 1. The van der Waals surface area contributed by atoms with Crippen LogP contribution in [0.2, 0.25) is 0 Å². The van der Waals surface area contributed by atoms with Gasteiger partial charge in [-0.3, -0.25) is 0 Å². The van der Waals surface area contributed by atoms with E-state index < -0.39 is 23.4 Å². The molecule has 4 aromatic rings. The zero-order valence-corrected chi connectivity index (χ0v) is 14.7. The lowest BCUT2D eigenvalue weighted by Gasteiger charge is -2.09. The Morgan fingerprint density at radius 1 is 0.852 bits per heavy atom.